The number of aliphatic hydroxyl groups is 1. The second-order valence-electron chi connectivity index (χ2n) is 16.3. The standard InChI is InChI=1S/C46H83NO11/c1-4-7-10-13-17-27-42(49)54-34-39(35-55-43(50)28-18-14-11-8-5-2)23-21-30-46(53)58-38-40(36-56-44(51)26-16-12-9-6-3)37-57-45(52)29-19-15-20-31-47(32-33-48)41-24-22-25-41/h39-41,48H,4-38H2,1-3H3. The van der Waals surface area contributed by atoms with Gasteiger partial charge in [0.15, 0.2) is 0 Å². The molecule has 0 aromatic rings. The Morgan fingerprint density at radius 1 is 0.466 bits per heavy atom. The Hall–Kier alpha value is -2.73. The second-order valence-corrected chi connectivity index (χ2v) is 16.3. The van der Waals surface area contributed by atoms with Gasteiger partial charge in [-0.2, -0.15) is 0 Å². The van der Waals surface area contributed by atoms with Gasteiger partial charge in [0.1, 0.15) is 19.8 Å². The van der Waals surface area contributed by atoms with Crippen LogP contribution in [0.3, 0.4) is 0 Å². The van der Waals surface area contributed by atoms with Gasteiger partial charge in [-0.25, -0.2) is 0 Å². The van der Waals surface area contributed by atoms with E-state index in [1.54, 1.807) is 0 Å². The molecule has 0 amide bonds. The number of carbonyl (C=O) groups is 5. The molecule has 338 valence electrons. The van der Waals surface area contributed by atoms with Crippen LogP contribution >= 0.6 is 0 Å². The summed E-state index contributed by atoms with van der Waals surface area (Å²) < 4.78 is 27.8. The lowest BCUT2D eigenvalue weighted by atomic mass is 9.91. The lowest BCUT2D eigenvalue weighted by Gasteiger charge is -2.37. The third kappa shape index (κ3) is 30.3. The highest BCUT2D eigenvalue weighted by molar-refractivity contribution is 5.71. The molecule has 12 heteroatoms. The highest BCUT2D eigenvalue weighted by Gasteiger charge is 2.24. The molecule has 0 heterocycles. The summed E-state index contributed by atoms with van der Waals surface area (Å²) in [7, 11) is 0. The molecule has 1 N–H and O–H groups in total. The summed E-state index contributed by atoms with van der Waals surface area (Å²) in [5.41, 5.74) is 0. The predicted octanol–water partition coefficient (Wildman–Crippen LogP) is 9.20. The monoisotopic (exact) mass is 826 g/mol. The molecule has 1 unspecified atom stereocenters. The smallest absolute Gasteiger partial charge is 0.305 e. The van der Waals surface area contributed by atoms with Gasteiger partial charge in [-0.15, -0.1) is 0 Å². The fraction of sp³-hybridized carbons (Fsp3) is 0.891. The summed E-state index contributed by atoms with van der Waals surface area (Å²) in [6, 6.07) is 0.572. The molecule has 1 atom stereocenters. The van der Waals surface area contributed by atoms with E-state index in [1.807, 2.05) is 0 Å². The molecular weight excluding hydrogens is 743 g/mol. The minimum Gasteiger partial charge on any atom is -0.465 e. The maximum Gasteiger partial charge on any atom is 0.305 e. The van der Waals surface area contributed by atoms with Crippen molar-refractivity contribution in [3.63, 3.8) is 0 Å². The van der Waals surface area contributed by atoms with Crippen LogP contribution in [0.2, 0.25) is 0 Å². The van der Waals surface area contributed by atoms with Gasteiger partial charge in [-0.1, -0.05) is 104 Å². The molecular formula is C46H83NO11. The number of hydrogen-bond acceptors (Lipinski definition) is 12. The maximum absolute atomic E-state index is 12.9. The van der Waals surface area contributed by atoms with Gasteiger partial charge in [-0.05, 0) is 64.3 Å². The van der Waals surface area contributed by atoms with Gasteiger partial charge >= 0.3 is 29.8 Å². The fourth-order valence-corrected chi connectivity index (χ4v) is 6.87. The lowest BCUT2D eigenvalue weighted by molar-refractivity contribution is -0.155. The summed E-state index contributed by atoms with van der Waals surface area (Å²) >= 11 is 0. The zero-order valence-corrected chi connectivity index (χ0v) is 37.0. The SMILES string of the molecule is CCCCCCCC(=O)OCC(CCCC(=O)OCC(COC(=O)CCCCCC)COC(=O)CCCCCN(CCO)C1CCC1)COC(=O)CCCCCCC. The van der Waals surface area contributed by atoms with E-state index in [1.165, 1.54) is 19.3 Å². The zero-order chi connectivity index (χ0) is 42.5. The van der Waals surface area contributed by atoms with Crippen LogP contribution < -0.4 is 0 Å². The van der Waals surface area contributed by atoms with Crippen LogP contribution in [0, 0.1) is 11.8 Å². The molecule has 0 aromatic heterocycles. The van der Waals surface area contributed by atoms with Gasteiger partial charge in [0.25, 0.3) is 0 Å². The topological polar surface area (TPSA) is 155 Å². The normalized spacial score (nSPS) is 13.3. The van der Waals surface area contributed by atoms with Crippen LogP contribution in [-0.2, 0) is 47.7 Å². The van der Waals surface area contributed by atoms with Crippen molar-refractivity contribution in [3.8, 4) is 0 Å². The van der Waals surface area contributed by atoms with Gasteiger partial charge in [0.05, 0.1) is 25.7 Å². The molecule has 0 bridgehead atoms. The van der Waals surface area contributed by atoms with E-state index in [0.717, 1.165) is 109 Å². The van der Waals surface area contributed by atoms with Crippen molar-refractivity contribution in [3.05, 3.63) is 0 Å². The minimum atomic E-state index is -0.502. The molecule has 58 heavy (non-hydrogen) atoms. The highest BCUT2D eigenvalue weighted by atomic mass is 16.6. The first-order valence-electron chi connectivity index (χ1n) is 23.3. The van der Waals surface area contributed by atoms with E-state index in [4.69, 9.17) is 23.7 Å². The maximum atomic E-state index is 12.9. The quantitative estimate of drug-likeness (QED) is 0.0356. The third-order valence-electron chi connectivity index (χ3n) is 10.9. The van der Waals surface area contributed by atoms with E-state index in [2.05, 4.69) is 25.7 Å². The summed E-state index contributed by atoms with van der Waals surface area (Å²) in [5.74, 6) is -2.37. The Morgan fingerprint density at radius 2 is 0.810 bits per heavy atom. The Labute approximate surface area is 351 Å². The molecule has 12 nitrogen and oxygen atoms in total. The van der Waals surface area contributed by atoms with Crippen molar-refractivity contribution in [1.82, 2.24) is 4.90 Å². The molecule has 0 aliphatic heterocycles. The van der Waals surface area contributed by atoms with E-state index in [9.17, 15) is 29.1 Å². The molecule has 1 aliphatic carbocycles. The number of rotatable bonds is 40. The summed E-state index contributed by atoms with van der Waals surface area (Å²) in [6.45, 7) is 8.28. The summed E-state index contributed by atoms with van der Waals surface area (Å²) in [5, 5.41) is 9.39. The highest BCUT2D eigenvalue weighted by Crippen LogP contribution is 2.25. The minimum absolute atomic E-state index is 0.0228. The number of ether oxygens (including phenoxy) is 5. The van der Waals surface area contributed by atoms with Gasteiger partial charge in [0, 0.05) is 50.6 Å². The molecule has 0 spiro atoms. The van der Waals surface area contributed by atoms with Crippen molar-refractivity contribution in [2.45, 2.75) is 200 Å². The summed E-state index contributed by atoms with van der Waals surface area (Å²) in [6.07, 6.45) is 22.6. The molecule has 1 fully saturated rings. The van der Waals surface area contributed by atoms with E-state index >= 15 is 0 Å². The largest absolute Gasteiger partial charge is 0.465 e. The van der Waals surface area contributed by atoms with Gasteiger partial charge in [-0.3, -0.25) is 28.9 Å². The van der Waals surface area contributed by atoms with Crippen LogP contribution in [0.1, 0.15) is 194 Å². The van der Waals surface area contributed by atoms with Crippen molar-refractivity contribution in [2.75, 3.05) is 52.7 Å². The molecule has 1 rings (SSSR count). The van der Waals surface area contributed by atoms with Crippen LogP contribution in [0.5, 0.6) is 0 Å². The average Bonchev–Trinajstić information content (AvgIpc) is 3.19. The molecule has 0 saturated heterocycles. The Bertz CT molecular complexity index is 1040. The van der Waals surface area contributed by atoms with Crippen LogP contribution in [0.25, 0.3) is 0 Å². The zero-order valence-electron chi connectivity index (χ0n) is 37.0. The number of carbonyl (C=O) groups excluding carboxylic acids is 5. The first-order chi connectivity index (χ1) is 28.2. The van der Waals surface area contributed by atoms with E-state index in [-0.39, 0.29) is 82.3 Å². The Balaban J connectivity index is 2.60. The van der Waals surface area contributed by atoms with Crippen molar-refractivity contribution >= 4 is 29.8 Å². The predicted molar refractivity (Wildman–Crippen MR) is 226 cm³/mol. The van der Waals surface area contributed by atoms with Crippen molar-refractivity contribution < 1.29 is 52.8 Å². The Morgan fingerprint density at radius 3 is 1.17 bits per heavy atom. The third-order valence-corrected chi connectivity index (χ3v) is 10.9. The number of unbranched alkanes of at least 4 members (excludes halogenated alkanes) is 13. The number of aliphatic hydroxyl groups excluding tert-OH is 1. The molecule has 0 radical (unpaired) electrons. The van der Waals surface area contributed by atoms with Crippen molar-refractivity contribution in [2.24, 2.45) is 11.8 Å². The summed E-state index contributed by atoms with van der Waals surface area (Å²) in [4.78, 5) is 65.1. The van der Waals surface area contributed by atoms with Gasteiger partial charge < -0.3 is 28.8 Å². The van der Waals surface area contributed by atoms with E-state index in [0.29, 0.717) is 51.1 Å². The van der Waals surface area contributed by atoms with Crippen LogP contribution in [0.4, 0.5) is 0 Å². The van der Waals surface area contributed by atoms with Crippen molar-refractivity contribution in [1.29, 1.82) is 0 Å². The van der Waals surface area contributed by atoms with Crippen LogP contribution in [-0.4, -0.2) is 98.6 Å². The number of esters is 5. The van der Waals surface area contributed by atoms with Gasteiger partial charge in [0.2, 0.25) is 0 Å². The fourth-order valence-electron chi connectivity index (χ4n) is 6.87. The molecule has 1 aliphatic rings. The number of hydrogen-bond donors (Lipinski definition) is 1. The van der Waals surface area contributed by atoms with E-state index < -0.39 is 11.9 Å². The first-order valence-corrected chi connectivity index (χ1v) is 23.3. The molecule has 1 saturated carbocycles. The lowest BCUT2D eigenvalue weighted by Crippen LogP contribution is -2.42. The second kappa shape index (κ2) is 37.3. The first kappa shape index (κ1) is 53.3. The number of nitrogens with zero attached hydrogens (tertiary/aromatic N) is 1. The Kier molecular flexibility index (Phi) is 34.3. The van der Waals surface area contributed by atoms with Crippen LogP contribution in [0.15, 0.2) is 0 Å². The average molecular weight is 826 g/mol. The molecule has 0 aromatic carbocycles.